The average Bonchev–Trinajstić information content (AvgIpc) is 2.27. The fraction of sp³-hybridized carbons (Fsp3) is 0.429. The summed E-state index contributed by atoms with van der Waals surface area (Å²) >= 11 is 0. The molecule has 4 N–H and O–H groups in total. The van der Waals surface area contributed by atoms with Crippen molar-refractivity contribution >= 4 is 29.9 Å². The van der Waals surface area contributed by atoms with Crippen LogP contribution in [0.4, 0.5) is 5.69 Å². The van der Waals surface area contributed by atoms with Gasteiger partial charge in [0.05, 0.1) is 13.0 Å². The molecule has 20 heavy (non-hydrogen) atoms. The lowest BCUT2D eigenvalue weighted by Gasteiger charge is -2.20. The largest absolute Gasteiger partial charge is 0.399 e. The van der Waals surface area contributed by atoms with Crippen molar-refractivity contribution in [2.75, 3.05) is 12.3 Å². The van der Waals surface area contributed by atoms with Crippen LogP contribution < -0.4 is 16.4 Å². The highest BCUT2D eigenvalue weighted by molar-refractivity contribution is 5.86. The maximum absolute atomic E-state index is 11.6. The minimum absolute atomic E-state index is 0. The fourth-order valence-electron chi connectivity index (χ4n) is 1.52. The molecule has 0 bridgehead atoms. The SMILES string of the molecule is CC(C)(C)NC(=O)CNC(=O)Cc1ccc(N)cc1.Cl. The van der Waals surface area contributed by atoms with Gasteiger partial charge in [-0.1, -0.05) is 12.1 Å². The van der Waals surface area contributed by atoms with Crippen molar-refractivity contribution in [2.24, 2.45) is 0 Å². The molecule has 0 heterocycles. The Morgan fingerprint density at radius 2 is 1.65 bits per heavy atom. The van der Waals surface area contributed by atoms with E-state index in [1.54, 1.807) is 24.3 Å². The molecule has 2 amide bonds. The van der Waals surface area contributed by atoms with Crippen LogP contribution in [0.5, 0.6) is 0 Å². The van der Waals surface area contributed by atoms with Crippen molar-refractivity contribution in [3.05, 3.63) is 29.8 Å². The van der Waals surface area contributed by atoms with Gasteiger partial charge in [0.25, 0.3) is 0 Å². The van der Waals surface area contributed by atoms with Crippen LogP contribution >= 0.6 is 12.4 Å². The molecule has 0 spiro atoms. The van der Waals surface area contributed by atoms with E-state index in [0.29, 0.717) is 5.69 Å². The first-order valence-electron chi connectivity index (χ1n) is 6.18. The summed E-state index contributed by atoms with van der Waals surface area (Å²) in [5, 5.41) is 5.36. The summed E-state index contributed by atoms with van der Waals surface area (Å²) in [4.78, 5) is 23.2. The van der Waals surface area contributed by atoms with Gasteiger partial charge in [0.2, 0.25) is 11.8 Å². The summed E-state index contributed by atoms with van der Waals surface area (Å²) in [6.07, 6.45) is 0.239. The molecule has 0 fully saturated rings. The van der Waals surface area contributed by atoms with Crippen LogP contribution in [0.2, 0.25) is 0 Å². The molecule has 112 valence electrons. The van der Waals surface area contributed by atoms with Crippen LogP contribution in [0.25, 0.3) is 0 Å². The van der Waals surface area contributed by atoms with Crippen LogP contribution in [0.1, 0.15) is 26.3 Å². The molecule has 0 atom stereocenters. The van der Waals surface area contributed by atoms with E-state index in [-0.39, 0.29) is 42.7 Å². The Morgan fingerprint density at radius 1 is 1.10 bits per heavy atom. The molecule has 1 aromatic rings. The van der Waals surface area contributed by atoms with Gasteiger partial charge in [-0.15, -0.1) is 12.4 Å². The molecule has 0 aliphatic heterocycles. The van der Waals surface area contributed by atoms with E-state index in [2.05, 4.69) is 10.6 Å². The third-order valence-electron chi connectivity index (χ3n) is 2.30. The Bertz CT molecular complexity index is 452. The van der Waals surface area contributed by atoms with Crippen molar-refractivity contribution in [1.82, 2.24) is 10.6 Å². The molecular weight excluding hydrogens is 278 g/mol. The number of hydrogen-bond donors (Lipinski definition) is 3. The van der Waals surface area contributed by atoms with E-state index >= 15 is 0 Å². The van der Waals surface area contributed by atoms with Crippen molar-refractivity contribution in [3.8, 4) is 0 Å². The number of nitrogens with one attached hydrogen (secondary N) is 2. The van der Waals surface area contributed by atoms with Crippen LogP contribution in [0, 0.1) is 0 Å². The van der Waals surface area contributed by atoms with E-state index in [1.807, 2.05) is 20.8 Å². The average molecular weight is 300 g/mol. The fourth-order valence-corrected chi connectivity index (χ4v) is 1.52. The zero-order valence-corrected chi connectivity index (χ0v) is 12.8. The number of anilines is 1. The second kappa shape index (κ2) is 7.75. The van der Waals surface area contributed by atoms with Crippen LogP contribution in [-0.2, 0) is 16.0 Å². The second-order valence-corrected chi connectivity index (χ2v) is 5.49. The molecule has 1 rings (SSSR count). The van der Waals surface area contributed by atoms with Gasteiger partial charge >= 0.3 is 0 Å². The van der Waals surface area contributed by atoms with Gasteiger partial charge < -0.3 is 16.4 Å². The zero-order valence-electron chi connectivity index (χ0n) is 12.0. The number of hydrogen-bond acceptors (Lipinski definition) is 3. The first-order chi connectivity index (χ1) is 8.76. The number of nitrogens with two attached hydrogens (primary N) is 1. The van der Waals surface area contributed by atoms with Gasteiger partial charge in [-0.3, -0.25) is 9.59 Å². The topological polar surface area (TPSA) is 84.2 Å². The quantitative estimate of drug-likeness (QED) is 0.732. The van der Waals surface area contributed by atoms with Crippen molar-refractivity contribution in [3.63, 3.8) is 0 Å². The number of nitrogen functional groups attached to an aromatic ring is 1. The minimum atomic E-state index is -0.293. The predicted molar refractivity (Wildman–Crippen MR) is 82.7 cm³/mol. The molecular formula is C14H22ClN3O2. The number of carbonyl (C=O) groups excluding carboxylic acids is 2. The molecule has 0 aliphatic carbocycles. The lowest BCUT2D eigenvalue weighted by molar-refractivity contribution is -0.126. The molecule has 0 unspecified atom stereocenters. The molecule has 5 nitrogen and oxygen atoms in total. The summed E-state index contributed by atoms with van der Waals surface area (Å²) in [6.45, 7) is 5.66. The van der Waals surface area contributed by atoms with Crippen molar-refractivity contribution in [1.29, 1.82) is 0 Å². The lowest BCUT2D eigenvalue weighted by atomic mass is 10.1. The molecule has 1 aromatic carbocycles. The predicted octanol–water partition coefficient (Wildman–Crippen LogP) is 1.26. The highest BCUT2D eigenvalue weighted by Crippen LogP contribution is 2.05. The van der Waals surface area contributed by atoms with Gasteiger partial charge in [-0.05, 0) is 38.5 Å². The van der Waals surface area contributed by atoms with E-state index in [9.17, 15) is 9.59 Å². The Morgan fingerprint density at radius 3 is 2.15 bits per heavy atom. The zero-order chi connectivity index (χ0) is 14.5. The summed E-state index contributed by atoms with van der Waals surface area (Å²) in [5.41, 5.74) is 6.79. The third-order valence-corrected chi connectivity index (χ3v) is 2.30. The van der Waals surface area contributed by atoms with E-state index in [4.69, 9.17) is 5.73 Å². The van der Waals surface area contributed by atoms with Crippen molar-refractivity contribution < 1.29 is 9.59 Å². The standard InChI is InChI=1S/C14H21N3O2.ClH/c1-14(2,3)17-13(19)9-16-12(18)8-10-4-6-11(15)7-5-10;/h4-7H,8-9,15H2,1-3H3,(H,16,18)(H,17,19);1H. The maximum atomic E-state index is 11.6. The van der Waals surface area contributed by atoms with Gasteiger partial charge in [0.15, 0.2) is 0 Å². The summed E-state index contributed by atoms with van der Waals surface area (Å²) < 4.78 is 0. The number of halogens is 1. The number of rotatable bonds is 4. The first-order valence-corrected chi connectivity index (χ1v) is 6.18. The van der Waals surface area contributed by atoms with Gasteiger partial charge in [-0.25, -0.2) is 0 Å². The normalized spacial score (nSPS) is 10.3. The highest BCUT2D eigenvalue weighted by Gasteiger charge is 2.14. The van der Waals surface area contributed by atoms with E-state index in [1.165, 1.54) is 0 Å². The second-order valence-electron chi connectivity index (χ2n) is 5.49. The molecule has 0 aliphatic rings. The number of benzene rings is 1. The molecule has 0 saturated carbocycles. The van der Waals surface area contributed by atoms with E-state index in [0.717, 1.165) is 5.56 Å². The Hall–Kier alpha value is -1.75. The number of carbonyl (C=O) groups is 2. The minimum Gasteiger partial charge on any atom is -0.399 e. The third kappa shape index (κ3) is 7.63. The summed E-state index contributed by atoms with van der Waals surface area (Å²) in [7, 11) is 0. The summed E-state index contributed by atoms with van der Waals surface area (Å²) in [5.74, 6) is -0.382. The monoisotopic (exact) mass is 299 g/mol. The summed E-state index contributed by atoms with van der Waals surface area (Å²) in [6, 6.07) is 7.08. The Kier molecular flexibility index (Phi) is 7.07. The van der Waals surface area contributed by atoms with Crippen LogP contribution in [0.3, 0.4) is 0 Å². The Balaban J connectivity index is 0.00000361. The molecule has 0 aromatic heterocycles. The van der Waals surface area contributed by atoms with E-state index < -0.39 is 0 Å². The van der Waals surface area contributed by atoms with Gasteiger partial charge in [0.1, 0.15) is 0 Å². The maximum Gasteiger partial charge on any atom is 0.239 e. The molecule has 0 radical (unpaired) electrons. The van der Waals surface area contributed by atoms with Gasteiger partial charge in [0, 0.05) is 11.2 Å². The van der Waals surface area contributed by atoms with Crippen LogP contribution in [-0.4, -0.2) is 23.9 Å². The highest BCUT2D eigenvalue weighted by atomic mass is 35.5. The lowest BCUT2D eigenvalue weighted by Crippen LogP contribution is -2.46. The Labute approximate surface area is 125 Å². The van der Waals surface area contributed by atoms with Gasteiger partial charge in [-0.2, -0.15) is 0 Å². The van der Waals surface area contributed by atoms with Crippen molar-refractivity contribution in [2.45, 2.75) is 32.7 Å². The van der Waals surface area contributed by atoms with Crippen LogP contribution in [0.15, 0.2) is 24.3 Å². The molecule has 6 heteroatoms. The number of amides is 2. The smallest absolute Gasteiger partial charge is 0.239 e. The molecule has 0 saturated heterocycles. The first kappa shape index (κ1) is 18.2.